The van der Waals surface area contributed by atoms with Gasteiger partial charge in [-0.25, -0.2) is 9.50 Å². The van der Waals surface area contributed by atoms with E-state index in [1.807, 2.05) is 33.8 Å². The smallest absolute Gasteiger partial charge is 0.254 e. The molecule has 0 aromatic carbocycles. The van der Waals surface area contributed by atoms with Crippen molar-refractivity contribution in [3.63, 3.8) is 0 Å². The molecule has 0 spiro atoms. The molecule has 0 fully saturated rings. The fourth-order valence-electron chi connectivity index (χ4n) is 2.19. The van der Waals surface area contributed by atoms with Crippen LogP contribution in [-0.4, -0.2) is 38.8 Å². The molecule has 2 heterocycles. The number of carbonyl (C=O) groups excluding carboxylic acids is 1. The van der Waals surface area contributed by atoms with E-state index < -0.39 is 0 Å². The van der Waals surface area contributed by atoms with Gasteiger partial charge in [0.25, 0.3) is 5.91 Å². The van der Waals surface area contributed by atoms with Gasteiger partial charge in [0.05, 0.1) is 17.0 Å². The minimum absolute atomic E-state index is 0.113. The molecule has 2 rings (SSSR count). The van der Waals surface area contributed by atoms with Crippen molar-refractivity contribution in [2.24, 2.45) is 5.41 Å². The number of aromatic nitrogens is 3. The number of fused-ring (bicyclic) bond motifs is 1. The Hall–Kier alpha value is -1.95. The zero-order valence-electron chi connectivity index (χ0n) is 13.0. The molecule has 6 heteroatoms. The van der Waals surface area contributed by atoms with Crippen molar-refractivity contribution in [1.82, 2.24) is 19.9 Å². The van der Waals surface area contributed by atoms with E-state index in [4.69, 9.17) is 5.11 Å². The van der Waals surface area contributed by atoms with Crippen LogP contribution in [0.5, 0.6) is 0 Å². The summed E-state index contributed by atoms with van der Waals surface area (Å²) in [5.74, 6) is -0.166. The van der Waals surface area contributed by atoms with Crippen molar-refractivity contribution in [1.29, 1.82) is 0 Å². The molecule has 0 aliphatic carbocycles. The van der Waals surface area contributed by atoms with Gasteiger partial charge >= 0.3 is 0 Å². The molecule has 0 atom stereocenters. The molecule has 1 amide bonds. The Balaban J connectivity index is 2.18. The molecule has 0 aliphatic rings. The maximum Gasteiger partial charge on any atom is 0.254 e. The highest BCUT2D eigenvalue weighted by Gasteiger charge is 2.20. The zero-order valence-corrected chi connectivity index (χ0v) is 13.0. The Bertz CT molecular complexity index is 661. The minimum Gasteiger partial charge on any atom is -0.396 e. The molecule has 0 bridgehead atoms. The fourth-order valence-corrected chi connectivity index (χ4v) is 2.19. The number of amides is 1. The van der Waals surface area contributed by atoms with Crippen LogP contribution >= 0.6 is 0 Å². The van der Waals surface area contributed by atoms with Crippen LogP contribution in [0, 0.1) is 19.3 Å². The van der Waals surface area contributed by atoms with Gasteiger partial charge in [-0.05, 0) is 25.7 Å². The number of rotatable bonds is 5. The predicted molar refractivity (Wildman–Crippen MR) is 80.3 cm³/mol. The predicted octanol–water partition coefficient (Wildman–Crippen LogP) is 1.48. The zero-order chi connectivity index (χ0) is 15.6. The van der Waals surface area contributed by atoms with Crippen LogP contribution in [-0.2, 0) is 0 Å². The van der Waals surface area contributed by atoms with Crippen molar-refractivity contribution in [2.75, 3.05) is 13.2 Å². The third-order valence-electron chi connectivity index (χ3n) is 3.61. The van der Waals surface area contributed by atoms with Gasteiger partial charge < -0.3 is 10.4 Å². The van der Waals surface area contributed by atoms with E-state index in [2.05, 4.69) is 15.4 Å². The van der Waals surface area contributed by atoms with Gasteiger partial charge in [-0.2, -0.15) is 5.10 Å². The summed E-state index contributed by atoms with van der Waals surface area (Å²) in [5, 5.41) is 16.3. The molecule has 0 saturated heterocycles. The summed E-state index contributed by atoms with van der Waals surface area (Å²) in [6.07, 6.45) is 2.22. The molecule has 0 saturated carbocycles. The van der Waals surface area contributed by atoms with Gasteiger partial charge in [-0.15, -0.1) is 0 Å². The van der Waals surface area contributed by atoms with E-state index in [0.717, 1.165) is 17.0 Å². The largest absolute Gasteiger partial charge is 0.396 e. The second-order valence-corrected chi connectivity index (χ2v) is 6.13. The van der Waals surface area contributed by atoms with E-state index in [1.54, 1.807) is 10.7 Å². The van der Waals surface area contributed by atoms with Crippen LogP contribution in [0.25, 0.3) is 5.65 Å². The topological polar surface area (TPSA) is 79.5 Å². The second kappa shape index (κ2) is 5.81. The average molecular weight is 290 g/mol. The molecule has 21 heavy (non-hydrogen) atoms. The third kappa shape index (κ3) is 3.39. The van der Waals surface area contributed by atoms with Crippen molar-refractivity contribution < 1.29 is 9.90 Å². The number of aliphatic hydroxyl groups is 1. The van der Waals surface area contributed by atoms with E-state index in [9.17, 15) is 4.79 Å². The number of aliphatic hydroxyl groups excluding tert-OH is 1. The van der Waals surface area contributed by atoms with E-state index in [-0.39, 0.29) is 17.9 Å². The molecule has 2 aromatic rings. The Morgan fingerprint density at radius 3 is 2.81 bits per heavy atom. The molecule has 2 N–H and O–H groups in total. The quantitative estimate of drug-likeness (QED) is 0.874. The number of hydrogen-bond acceptors (Lipinski definition) is 4. The van der Waals surface area contributed by atoms with E-state index in [0.29, 0.717) is 18.5 Å². The summed E-state index contributed by atoms with van der Waals surface area (Å²) >= 11 is 0. The molecule has 0 unspecified atom stereocenters. The highest BCUT2D eigenvalue weighted by atomic mass is 16.3. The lowest BCUT2D eigenvalue weighted by molar-refractivity contribution is 0.0926. The summed E-state index contributed by atoms with van der Waals surface area (Å²) in [6.45, 7) is 8.38. The first-order chi connectivity index (χ1) is 9.84. The fraction of sp³-hybridized carbons (Fsp3) is 0.533. The normalized spacial score (nSPS) is 11.9. The van der Waals surface area contributed by atoms with Crippen LogP contribution in [0.1, 0.15) is 42.0 Å². The SMILES string of the molecule is Cc1cc2ncc(C(=O)NCC(C)(C)CCO)c(C)n2n1. The number of carbonyl (C=O) groups is 1. The van der Waals surface area contributed by atoms with Gasteiger partial charge in [0.15, 0.2) is 5.65 Å². The van der Waals surface area contributed by atoms with Gasteiger partial charge in [0.2, 0.25) is 0 Å². The first kappa shape index (κ1) is 15.4. The molecule has 6 nitrogen and oxygen atoms in total. The highest BCUT2D eigenvalue weighted by Crippen LogP contribution is 2.18. The van der Waals surface area contributed by atoms with Crippen LogP contribution < -0.4 is 5.32 Å². The summed E-state index contributed by atoms with van der Waals surface area (Å²) in [7, 11) is 0. The van der Waals surface area contributed by atoms with Crippen LogP contribution in [0.2, 0.25) is 0 Å². The number of nitrogens with one attached hydrogen (secondary N) is 1. The molecule has 114 valence electrons. The molecular formula is C15H22N4O2. The summed E-state index contributed by atoms with van der Waals surface area (Å²) in [5.41, 5.74) is 2.75. The van der Waals surface area contributed by atoms with Crippen LogP contribution in [0.15, 0.2) is 12.3 Å². The Morgan fingerprint density at radius 1 is 1.43 bits per heavy atom. The minimum atomic E-state index is -0.166. The Labute approximate surface area is 124 Å². The van der Waals surface area contributed by atoms with Crippen molar-refractivity contribution in [3.8, 4) is 0 Å². The maximum absolute atomic E-state index is 12.3. The van der Waals surface area contributed by atoms with E-state index >= 15 is 0 Å². The van der Waals surface area contributed by atoms with Gasteiger partial charge in [0, 0.05) is 25.4 Å². The number of aryl methyl sites for hydroxylation is 2. The molecule has 0 aliphatic heterocycles. The van der Waals surface area contributed by atoms with Gasteiger partial charge in [0.1, 0.15) is 0 Å². The summed E-state index contributed by atoms with van der Waals surface area (Å²) in [4.78, 5) is 16.6. The Morgan fingerprint density at radius 2 is 2.14 bits per heavy atom. The maximum atomic E-state index is 12.3. The third-order valence-corrected chi connectivity index (χ3v) is 3.61. The second-order valence-electron chi connectivity index (χ2n) is 6.13. The lowest BCUT2D eigenvalue weighted by atomic mass is 9.89. The van der Waals surface area contributed by atoms with Gasteiger partial charge in [-0.3, -0.25) is 4.79 Å². The molecule has 0 radical (unpaired) electrons. The van der Waals surface area contributed by atoms with Gasteiger partial charge in [-0.1, -0.05) is 13.8 Å². The number of nitrogens with zero attached hydrogens (tertiary/aromatic N) is 3. The standard InChI is InChI=1S/C15H22N4O2/c1-10-7-13-16-8-12(11(2)19(13)18-10)14(21)17-9-15(3,4)5-6-20/h7-8,20H,5-6,9H2,1-4H3,(H,17,21). The van der Waals surface area contributed by atoms with Crippen molar-refractivity contribution in [2.45, 2.75) is 34.1 Å². The lowest BCUT2D eigenvalue weighted by Crippen LogP contribution is -2.35. The average Bonchev–Trinajstić information content (AvgIpc) is 2.78. The first-order valence-corrected chi connectivity index (χ1v) is 7.05. The van der Waals surface area contributed by atoms with Crippen molar-refractivity contribution >= 4 is 11.6 Å². The number of hydrogen-bond donors (Lipinski definition) is 2. The molecule has 2 aromatic heterocycles. The summed E-state index contributed by atoms with van der Waals surface area (Å²) < 4.78 is 1.68. The highest BCUT2D eigenvalue weighted by molar-refractivity contribution is 5.95. The van der Waals surface area contributed by atoms with Crippen molar-refractivity contribution in [3.05, 3.63) is 29.2 Å². The van der Waals surface area contributed by atoms with Crippen LogP contribution in [0.3, 0.4) is 0 Å². The first-order valence-electron chi connectivity index (χ1n) is 7.05. The van der Waals surface area contributed by atoms with Crippen LogP contribution in [0.4, 0.5) is 0 Å². The lowest BCUT2D eigenvalue weighted by Gasteiger charge is -2.24. The summed E-state index contributed by atoms with van der Waals surface area (Å²) in [6, 6.07) is 1.87. The van der Waals surface area contributed by atoms with E-state index in [1.165, 1.54) is 0 Å². The molecular weight excluding hydrogens is 268 g/mol. The monoisotopic (exact) mass is 290 g/mol. The Kier molecular flexibility index (Phi) is 4.27.